The lowest BCUT2D eigenvalue weighted by atomic mass is 9.72. The average Bonchev–Trinajstić information content (AvgIpc) is 2.50. The topological polar surface area (TPSA) is 41.1 Å². The van der Waals surface area contributed by atoms with Gasteiger partial charge >= 0.3 is 0 Å². The molecule has 0 unspecified atom stereocenters. The van der Waals surface area contributed by atoms with Crippen LogP contribution in [0, 0.1) is 0 Å². The predicted molar refractivity (Wildman–Crippen MR) is 93.1 cm³/mol. The molecule has 0 saturated carbocycles. The Hall–Kier alpha value is -0.840. The van der Waals surface area contributed by atoms with Gasteiger partial charge in [0, 0.05) is 18.5 Å². The highest BCUT2D eigenvalue weighted by Crippen LogP contribution is 2.37. The number of hydrogen-bond donors (Lipinski definition) is 2. The van der Waals surface area contributed by atoms with Crippen molar-refractivity contribution in [1.29, 1.82) is 0 Å². The van der Waals surface area contributed by atoms with Gasteiger partial charge in [0.05, 0.1) is 10.0 Å². The zero-order valence-corrected chi connectivity index (χ0v) is 15.0. The summed E-state index contributed by atoms with van der Waals surface area (Å²) in [6.07, 6.45) is 2.76. The van der Waals surface area contributed by atoms with Crippen LogP contribution in [0.25, 0.3) is 0 Å². The largest absolute Gasteiger partial charge is 0.353 e. The van der Waals surface area contributed by atoms with Gasteiger partial charge in [-0.25, -0.2) is 4.39 Å². The Balaban J connectivity index is 2.13. The van der Waals surface area contributed by atoms with Crippen molar-refractivity contribution in [1.82, 2.24) is 10.6 Å². The van der Waals surface area contributed by atoms with Gasteiger partial charge in [-0.15, -0.1) is 0 Å². The number of nitrogens with one attached hydrogen (secondary N) is 2. The van der Waals surface area contributed by atoms with Gasteiger partial charge in [-0.2, -0.15) is 0 Å². The third-order valence-corrected chi connectivity index (χ3v) is 5.17. The summed E-state index contributed by atoms with van der Waals surface area (Å²) in [5, 5.41) is 7.16. The van der Waals surface area contributed by atoms with Gasteiger partial charge in [-0.05, 0) is 57.4 Å². The third kappa shape index (κ3) is 4.59. The van der Waals surface area contributed by atoms with E-state index in [1.165, 1.54) is 13.8 Å². The van der Waals surface area contributed by atoms with E-state index in [2.05, 4.69) is 10.6 Å². The number of carbonyl (C=O) groups excluding carboxylic acids is 1. The molecule has 0 spiro atoms. The minimum absolute atomic E-state index is 0.125. The van der Waals surface area contributed by atoms with Crippen LogP contribution < -0.4 is 10.6 Å². The average molecular weight is 361 g/mol. The van der Waals surface area contributed by atoms with E-state index < -0.39 is 11.6 Å². The molecule has 6 heteroatoms. The Labute approximate surface area is 146 Å². The first-order valence-electron chi connectivity index (χ1n) is 7.88. The van der Waals surface area contributed by atoms with Crippen LogP contribution in [0.2, 0.25) is 10.0 Å². The Morgan fingerprint density at radius 3 is 2.70 bits per heavy atom. The Bertz CT molecular complexity index is 566. The van der Waals surface area contributed by atoms with E-state index in [9.17, 15) is 9.18 Å². The molecule has 2 N–H and O–H groups in total. The Kier molecular flexibility index (Phi) is 5.93. The molecule has 1 fully saturated rings. The molecule has 1 aliphatic rings. The van der Waals surface area contributed by atoms with E-state index in [0.29, 0.717) is 16.6 Å². The van der Waals surface area contributed by atoms with Crippen LogP contribution in [0.15, 0.2) is 18.2 Å². The summed E-state index contributed by atoms with van der Waals surface area (Å²) in [6, 6.07) is 5.69. The van der Waals surface area contributed by atoms with Crippen molar-refractivity contribution in [2.24, 2.45) is 0 Å². The van der Waals surface area contributed by atoms with Crippen molar-refractivity contribution in [3.05, 3.63) is 33.8 Å². The smallest absolute Gasteiger partial charge is 0.257 e. The van der Waals surface area contributed by atoms with Gasteiger partial charge in [-0.1, -0.05) is 29.3 Å². The number of alkyl halides is 1. The fraction of sp³-hybridized carbons (Fsp3) is 0.588. The molecule has 1 heterocycles. The quantitative estimate of drug-likeness (QED) is 0.836. The Morgan fingerprint density at radius 1 is 1.39 bits per heavy atom. The van der Waals surface area contributed by atoms with Crippen molar-refractivity contribution < 1.29 is 9.18 Å². The fourth-order valence-corrected chi connectivity index (χ4v) is 3.32. The van der Waals surface area contributed by atoms with Crippen LogP contribution in [0.1, 0.15) is 38.7 Å². The molecule has 1 aliphatic heterocycles. The molecule has 128 valence electrons. The second-order valence-electron chi connectivity index (χ2n) is 6.67. The standard InChI is InChI=1S/C17H23Cl2FN2O/c1-16(2,20)15(23)22-9-7-17(6-3-8-21-11-17)12-4-5-13(18)14(19)10-12/h4-5,10,21H,3,6-9,11H2,1-2H3,(H,22,23)/t17-/m1/s1. The molecule has 3 nitrogen and oxygen atoms in total. The summed E-state index contributed by atoms with van der Waals surface area (Å²) < 4.78 is 13.6. The molecule has 0 bridgehead atoms. The zero-order valence-electron chi connectivity index (χ0n) is 13.5. The highest BCUT2D eigenvalue weighted by atomic mass is 35.5. The van der Waals surface area contributed by atoms with Crippen LogP contribution in [0.5, 0.6) is 0 Å². The molecule has 0 radical (unpaired) electrons. The minimum atomic E-state index is -1.86. The van der Waals surface area contributed by atoms with Crippen LogP contribution in [-0.4, -0.2) is 31.2 Å². The normalized spacial score (nSPS) is 22.0. The van der Waals surface area contributed by atoms with Gasteiger partial charge < -0.3 is 10.6 Å². The van der Waals surface area contributed by atoms with Crippen molar-refractivity contribution >= 4 is 29.1 Å². The Morgan fingerprint density at radius 2 is 2.13 bits per heavy atom. The van der Waals surface area contributed by atoms with Gasteiger partial charge in [-0.3, -0.25) is 4.79 Å². The van der Waals surface area contributed by atoms with Crippen molar-refractivity contribution in [2.45, 2.75) is 44.2 Å². The predicted octanol–water partition coefficient (Wildman–Crippen LogP) is 3.87. The maximum Gasteiger partial charge on any atom is 0.257 e. The highest BCUT2D eigenvalue weighted by Gasteiger charge is 2.35. The molecule has 0 aromatic heterocycles. The minimum Gasteiger partial charge on any atom is -0.353 e. The van der Waals surface area contributed by atoms with E-state index in [1.807, 2.05) is 12.1 Å². The first-order valence-corrected chi connectivity index (χ1v) is 8.64. The van der Waals surface area contributed by atoms with Gasteiger partial charge in [0.2, 0.25) is 0 Å². The van der Waals surface area contributed by atoms with Gasteiger partial charge in [0.15, 0.2) is 5.67 Å². The zero-order chi connectivity index (χ0) is 17.1. The maximum atomic E-state index is 13.6. The molecular formula is C17H23Cl2FN2O. The molecule has 1 aromatic carbocycles. The number of amides is 1. The lowest BCUT2D eigenvalue weighted by molar-refractivity contribution is -0.130. The van der Waals surface area contributed by atoms with Crippen LogP contribution in [0.4, 0.5) is 4.39 Å². The summed E-state index contributed by atoms with van der Waals surface area (Å²) in [6.45, 7) is 4.74. The number of benzene rings is 1. The monoisotopic (exact) mass is 360 g/mol. The summed E-state index contributed by atoms with van der Waals surface area (Å²) in [4.78, 5) is 11.7. The van der Waals surface area contributed by atoms with Crippen LogP contribution >= 0.6 is 23.2 Å². The van der Waals surface area contributed by atoms with E-state index in [-0.39, 0.29) is 5.41 Å². The molecule has 1 atom stereocenters. The third-order valence-electron chi connectivity index (χ3n) is 4.43. The second kappa shape index (κ2) is 7.37. The van der Waals surface area contributed by atoms with E-state index in [1.54, 1.807) is 6.07 Å². The number of hydrogen-bond acceptors (Lipinski definition) is 2. The van der Waals surface area contributed by atoms with E-state index in [0.717, 1.165) is 37.9 Å². The lowest BCUT2D eigenvalue weighted by Crippen LogP contribution is -2.47. The lowest BCUT2D eigenvalue weighted by Gasteiger charge is -2.39. The van der Waals surface area contributed by atoms with Gasteiger partial charge in [0.1, 0.15) is 0 Å². The SMILES string of the molecule is CC(C)(F)C(=O)NCC[C@]1(c2ccc(Cl)c(Cl)c2)CCCNC1. The summed E-state index contributed by atoms with van der Waals surface area (Å²) in [5.41, 5.74) is -0.880. The number of piperidine rings is 1. The maximum absolute atomic E-state index is 13.6. The number of halogens is 3. The van der Waals surface area contributed by atoms with Crippen molar-refractivity contribution in [3.8, 4) is 0 Å². The molecule has 0 aliphatic carbocycles. The van der Waals surface area contributed by atoms with Crippen LogP contribution in [-0.2, 0) is 10.2 Å². The van der Waals surface area contributed by atoms with Crippen LogP contribution in [0.3, 0.4) is 0 Å². The van der Waals surface area contributed by atoms with Gasteiger partial charge in [0.25, 0.3) is 5.91 Å². The second-order valence-corrected chi connectivity index (χ2v) is 7.48. The molecular weight excluding hydrogens is 338 g/mol. The van der Waals surface area contributed by atoms with E-state index >= 15 is 0 Å². The highest BCUT2D eigenvalue weighted by molar-refractivity contribution is 6.42. The fourth-order valence-electron chi connectivity index (χ4n) is 3.02. The van der Waals surface area contributed by atoms with E-state index in [4.69, 9.17) is 23.2 Å². The molecule has 2 rings (SSSR count). The molecule has 1 saturated heterocycles. The number of rotatable bonds is 5. The molecule has 1 aromatic rings. The van der Waals surface area contributed by atoms with Crippen molar-refractivity contribution in [3.63, 3.8) is 0 Å². The summed E-state index contributed by atoms with van der Waals surface area (Å²) >= 11 is 12.2. The van der Waals surface area contributed by atoms with Crippen molar-refractivity contribution in [2.75, 3.05) is 19.6 Å². The first kappa shape index (κ1) is 18.5. The molecule has 1 amide bonds. The molecule has 23 heavy (non-hydrogen) atoms. The first-order chi connectivity index (χ1) is 10.7. The summed E-state index contributed by atoms with van der Waals surface area (Å²) in [7, 11) is 0. The number of carbonyl (C=O) groups is 1. The summed E-state index contributed by atoms with van der Waals surface area (Å²) in [5.74, 6) is -0.578.